The Kier molecular flexibility index (Phi) is 6.27. The Bertz CT molecular complexity index is 286. The first-order valence-corrected chi connectivity index (χ1v) is 7.59. The molecule has 0 spiro atoms. The van der Waals surface area contributed by atoms with E-state index in [2.05, 4.69) is 17.1 Å². The summed E-state index contributed by atoms with van der Waals surface area (Å²) in [4.78, 5) is 14.4. The molecule has 1 saturated heterocycles. The predicted molar refractivity (Wildman–Crippen MR) is 79.9 cm³/mol. The minimum absolute atomic E-state index is 0.0285. The number of nitrogens with one attached hydrogen (secondary N) is 1. The number of carbonyl (C=O) groups excluding carboxylic acids is 1. The highest BCUT2D eigenvalue weighted by atomic mass is 16.2. The summed E-state index contributed by atoms with van der Waals surface area (Å²) in [6.45, 7) is 11.3. The fourth-order valence-electron chi connectivity index (χ4n) is 2.49. The second-order valence-corrected chi connectivity index (χ2v) is 6.87. The molecule has 0 aromatic carbocycles. The van der Waals surface area contributed by atoms with Crippen LogP contribution in [0.3, 0.4) is 0 Å². The molecule has 0 radical (unpaired) electrons. The number of carbonyl (C=O) groups is 1. The summed E-state index contributed by atoms with van der Waals surface area (Å²) in [6, 6.07) is 0.266. The summed E-state index contributed by atoms with van der Waals surface area (Å²) in [5.41, 5.74) is 5.74. The van der Waals surface area contributed by atoms with Gasteiger partial charge in [0, 0.05) is 19.1 Å². The maximum atomic E-state index is 11.9. The zero-order valence-corrected chi connectivity index (χ0v) is 13.0. The van der Waals surface area contributed by atoms with Gasteiger partial charge in [-0.3, -0.25) is 4.79 Å². The summed E-state index contributed by atoms with van der Waals surface area (Å²) in [5.74, 6) is -0.0285. The molecule has 3 N–H and O–H groups in total. The summed E-state index contributed by atoms with van der Waals surface area (Å²) < 4.78 is 0. The van der Waals surface area contributed by atoms with E-state index in [1.54, 1.807) is 0 Å². The van der Waals surface area contributed by atoms with E-state index in [1.807, 2.05) is 20.8 Å². The first kappa shape index (κ1) is 16.4. The number of piperidine rings is 1. The number of hydrogen-bond acceptors (Lipinski definition) is 3. The Hall–Kier alpha value is -0.610. The molecule has 1 aliphatic rings. The molecule has 0 saturated carbocycles. The average Bonchev–Trinajstić information content (AvgIpc) is 2.34. The first-order chi connectivity index (χ1) is 8.82. The normalized spacial score (nSPS) is 23.1. The smallest absolute Gasteiger partial charge is 0.237 e. The molecule has 0 aromatic rings. The van der Waals surface area contributed by atoms with Gasteiger partial charge in [0.1, 0.15) is 0 Å². The van der Waals surface area contributed by atoms with E-state index in [1.165, 1.54) is 25.8 Å². The van der Waals surface area contributed by atoms with Crippen molar-refractivity contribution in [3.63, 3.8) is 0 Å². The molecule has 19 heavy (non-hydrogen) atoms. The molecule has 2 atom stereocenters. The standard InChI is InChI=1S/C15H31N3O/c1-12-8-5-6-10-18(12)11-7-9-17-14(19)13(16)15(2,3)4/h12-13H,5-11,16H2,1-4H3,(H,17,19). The number of rotatable bonds is 5. The molecule has 0 aromatic heterocycles. The van der Waals surface area contributed by atoms with Gasteiger partial charge in [-0.15, -0.1) is 0 Å². The van der Waals surface area contributed by atoms with Gasteiger partial charge in [0.05, 0.1) is 6.04 Å². The third kappa shape index (κ3) is 5.49. The molecule has 0 aliphatic carbocycles. The van der Waals surface area contributed by atoms with Gasteiger partial charge < -0.3 is 16.0 Å². The lowest BCUT2D eigenvalue weighted by Crippen LogP contribution is -2.49. The maximum Gasteiger partial charge on any atom is 0.237 e. The van der Waals surface area contributed by atoms with Crippen molar-refractivity contribution < 1.29 is 4.79 Å². The summed E-state index contributed by atoms with van der Waals surface area (Å²) in [7, 11) is 0. The van der Waals surface area contributed by atoms with Gasteiger partial charge >= 0.3 is 0 Å². The lowest BCUT2D eigenvalue weighted by Gasteiger charge is -2.33. The fraction of sp³-hybridized carbons (Fsp3) is 0.933. The van der Waals surface area contributed by atoms with Crippen LogP contribution < -0.4 is 11.1 Å². The van der Waals surface area contributed by atoms with Gasteiger partial charge in [-0.25, -0.2) is 0 Å². The van der Waals surface area contributed by atoms with Gasteiger partial charge in [-0.2, -0.15) is 0 Å². The zero-order valence-electron chi connectivity index (χ0n) is 13.0. The second kappa shape index (κ2) is 7.25. The molecule has 4 nitrogen and oxygen atoms in total. The highest BCUT2D eigenvalue weighted by Crippen LogP contribution is 2.17. The van der Waals surface area contributed by atoms with Crippen LogP contribution >= 0.6 is 0 Å². The highest BCUT2D eigenvalue weighted by Gasteiger charge is 2.27. The minimum Gasteiger partial charge on any atom is -0.355 e. The molecule has 1 aliphatic heterocycles. The second-order valence-electron chi connectivity index (χ2n) is 6.87. The van der Waals surface area contributed by atoms with Crippen molar-refractivity contribution in [2.24, 2.45) is 11.1 Å². The lowest BCUT2D eigenvalue weighted by atomic mass is 9.87. The van der Waals surface area contributed by atoms with Crippen molar-refractivity contribution in [2.45, 2.75) is 65.5 Å². The van der Waals surface area contributed by atoms with Crippen LogP contribution in [-0.2, 0) is 4.79 Å². The quantitative estimate of drug-likeness (QED) is 0.748. The Morgan fingerprint density at radius 2 is 2.11 bits per heavy atom. The lowest BCUT2D eigenvalue weighted by molar-refractivity contribution is -0.124. The van der Waals surface area contributed by atoms with Crippen LogP contribution in [0, 0.1) is 5.41 Å². The Morgan fingerprint density at radius 3 is 2.68 bits per heavy atom. The molecule has 1 heterocycles. The van der Waals surface area contributed by atoms with Crippen molar-refractivity contribution in [1.29, 1.82) is 0 Å². The van der Waals surface area contributed by atoms with Crippen LogP contribution in [0.25, 0.3) is 0 Å². The molecule has 4 heteroatoms. The number of amides is 1. The largest absolute Gasteiger partial charge is 0.355 e. The van der Waals surface area contributed by atoms with Crippen molar-refractivity contribution in [3.05, 3.63) is 0 Å². The van der Waals surface area contributed by atoms with Gasteiger partial charge in [0.2, 0.25) is 5.91 Å². The number of hydrogen-bond donors (Lipinski definition) is 2. The van der Waals surface area contributed by atoms with E-state index in [0.717, 1.165) is 19.5 Å². The third-order valence-corrected chi connectivity index (χ3v) is 4.08. The van der Waals surface area contributed by atoms with Crippen molar-refractivity contribution in [3.8, 4) is 0 Å². The number of likely N-dealkylation sites (tertiary alicyclic amines) is 1. The van der Waals surface area contributed by atoms with Crippen LogP contribution in [0.15, 0.2) is 0 Å². The van der Waals surface area contributed by atoms with Crippen molar-refractivity contribution >= 4 is 5.91 Å². The average molecular weight is 269 g/mol. The number of nitrogens with zero attached hydrogens (tertiary/aromatic N) is 1. The van der Waals surface area contributed by atoms with Crippen LogP contribution in [0.2, 0.25) is 0 Å². The highest BCUT2D eigenvalue weighted by molar-refractivity contribution is 5.82. The monoisotopic (exact) mass is 269 g/mol. The first-order valence-electron chi connectivity index (χ1n) is 7.59. The molecule has 0 bridgehead atoms. The summed E-state index contributed by atoms with van der Waals surface area (Å²) in [5, 5.41) is 2.95. The van der Waals surface area contributed by atoms with Crippen molar-refractivity contribution in [2.75, 3.05) is 19.6 Å². The van der Waals surface area contributed by atoms with E-state index in [-0.39, 0.29) is 11.3 Å². The summed E-state index contributed by atoms with van der Waals surface area (Å²) in [6.07, 6.45) is 4.98. The number of nitrogens with two attached hydrogens (primary N) is 1. The van der Waals surface area contributed by atoms with Gasteiger partial charge in [-0.1, -0.05) is 27.2 Å². The SMILES string of the molecule is CC1CCCCN1CCCNC(=O)C(N)C(C)(C)C. The fourth-order valence-corrected chi connectivity index (χ4v) is 2.49. The molecule has 2 unspecified atom stereocenters. The molecule has 1 fully saturated rings. The molecule has 1 amide bonds. The van der Waals surface area contributed by atoms with Gasteiger partial charge in [0.25, 0.3) is 0 Å². The molecule has 112 valence electrons. The Labute approximate surface area is 118 Å². The third-order valence-electron chi connectivity index (χ3n) is 4.08. The Morgan fingerprint density at radius 1 is 1.42 bits per heavy atom. The van der Waals surface area contributed by atoms with E-state index >= 15 is 0 Å². The van der Waals surface area contributed by atoms with E-state index < -0.39 is 6.04 Å². The van der Waals surface area contributed by atoms with Gasteiger partial charge in [-0.05, 0) is 38.1 Å². The summed E-state index contributed by atoms with van der Waals surface area (Å²) >= 11 is 0. The topological polar surface area (TPSA) is 58.4 Å². The van der Waals surface area contributed by atoms with Gasteiger partial charge in [0.15, 0.2) is 0 Å². The molecular formula is C15H31N3O. The van der Waals surface area contributed by atoms with Crippen LogP contribution in [0.4, 0.5) is 0 Å². The molecular weight excluding hydrogens is 238 g/mol. The van der Waals surface area contributed by atoms with Crippen molar-refractivity contribution in [1.82, 2.24) is 10.2 Å². The zero-order chi connectivity index (χ0) is 14.5. The van der Waals surface area contributed by atoms with E-state index in [4.69, 9.17) is 5.73 Å². The maximum absolute atomic E-state index is 11.9. The van der Waals surface area contributed by atoms with E-state index in [9.17, 15) is 4.79 Å². The van der Waals surface area contributed by atoms with Crippen LogP contribution in [0.1, 0.15) is 53.4 Å². The van der Waals surface area contributed by atoms with E-state index in [0.29, 0.717) is 6.04 Å². The van der Waals surface area contributed by atoms with Crippen LogP contribution in [-0.4, -0.2) is 42.5 Å². The molecule has 1 rings (SSSR count). The minimum atomic E-state index is -0.429. The van der Waals surface area contributed by atoms with Crippen LogP contribution in [0.5, 0.6) is 0 Å². The predicted octanol–water partition coefficient (Wildman–Crippen LogP) is 1.74. The Balaban J connectivity index is 2.18.